The molecule has 1 unspecified atom stereocenters. The minimum atomic E-state index is 0. The SMILES string of the molecule is CCNC(=NCc1ccc(C)cc1)NCC(C)N1CCN(C)CC1.I. The zero-order valence-corrected chi connectivity index (χ0v) is 18.4. The van der Waals surface area contributed by atoms with E-state index in [-0.39, 0.29) is 24.0 Å². The zero-order chi connectivity index (χ0) is 17.4. The number of aryl methyl sites for hydroxylation is 1. The molecule has 25 heavy (non-hydrogen) atoms. The van der Waals surface area contributed by atoms with Gasteiger partial charge in [-0.05, 0) is 33.4 Å². The molecule has 6 heteroatoms. The lowest BCUT2D eigenvalue weighted by molar-refractivity contribution is 0.120. The average molecular weight is 459 g/mol. The van der Waals surface area contributed by atoms with Gasteiger partial charge in [-0.25, -0.2) is 4.99 Å². The molecule has 1 fully saturated rings. The average Bonchev–Trinajstić information content (AvgIpc) is 2.59. The number of guanidine groups is 1. The van der Waals surface area contributed by atoms with Crippen LogP contribution in [0.4, 0.5) is 0 Å². The van der Waals surface area contributed by atoms with Crippen LogP contribution in [0, 0.1) is 6.92 Å². The van der Waals surface area contributed by atoms with Gasteiger partial charge < -0.3 is 15.5 Å². The third kappa shape index (κ3) is 7.92. The van der Waals surface area contributed by atoms with Gasteiger partial charge in [0.05, 0.1) is 6.54 Å². The Morgan fingerprint density at radius 1 is 1.12 bits per heavy atom. The highest BCUT2D eigenvalue weighted by atomic mass is 127. The van der Waals surface area contributed by atoms with E-state index >= 15 is 0 Å². The van der Waals surface area contributed by atoms with Gasteiger partial charge in [-0.3, -0.25) is 4.90 Å². The molecule has 1 saturated heterocycles. The van der Waals surface area contributed by atoms with E-state index in [0.717, 1.165) is 45.2 Å². The Kier molecular flexibility index (Phi) is 10.4. The second kappa shape index (κ2) is 11.7. The van der Waals surface area contributed by atoms with Gasteiger partial charge in [0.15, 0.2) is 5.96 Å². The molecule has 0 aromatic heterocycles. The molecule has 0 saturated carbocycles. The van der Waals surface area contributed by atoms with E-state index in [0.29, 0.717) is 12.6 Å². The van der Waals surface area contributed by atoms with Crippen molar-refractivity contribution in [2.75, 3.05) is 46.3 Å². The van der Waals surface area contributed by atoms with Gasteiger partial charge in [-0.2, -0.15) is 0 Å². The molecule has 2 N–H and O–H groups in total. The third-order valence-corrected chi connectivity index (χ3v) is 4.61. The van der Waals surface area contributed by atoms with Crippen LogP contribution in [0.5, 0.6) is 0 Å². The lowest BCUT2D eigenvalue weighted by Crippen LogP contribution is -2.52. The van der Waals surface area contributed by atoms with Crippen molar-refractivity contribution in [3.8, 4) is 0 Å². The first kappa shape index (κ1) is 22.2. The number of hydrogen-bond acceptors (Lipinski definition) is 3. The summed E-state index contributed by atoms with van der Waals surface area (Å²) in [7, 11) is 2.20. The zero-order valence-electron chi connectivity index (χ0n) is 16.1. The molecule has 0 aliphatic carbocycles. The fourth-order valence-corrected chi connectivity index (χ4v) is 2.84. The van der Waals surface area contributed by atoms with E-state index in [1.54, 1.807) is 0 Å². The van der Waals surface area contributed by atoms with Gasteiger partial charge in [0.25, 0.3) is 0 Å². The number of nitrogens with one attached hydrogen (secondary N) is 2. The summed E-state index contributed by atoms with van der Waals surface area (Å²) in [4.78, 5) is 9.65. The molecule has 1 atom stereocenters. The summed E-state index contributed by atoms with van der Waals surface area (Å²) < 4.78 is 0. The Labute approximate surface area is 170 Å². The third-order valence-electron chi connectivity index (χ3n) is 4.61. The fourth-order valence-electron chi connectivity index (χ4n) is 2.84. The highest BCUT2D eigenvalue weighted by Gasteiger charge is 2.18. The van der Waals surface area contributed by atoms with E-state index in [1.807, 2.05) is 0 Å². The summed E-state index contributed by atoms with van der Waals surface area (Å²) in [5, 5.41) is 6.84. The van der Waals surface area contributed by atoms with Gasteiger partial charge in [-0.1, -0.05) is 29.8 Å². The Balaban J connectivity index is 0.00000312. The monoisotopic (exact) mass is 459 g/mol. The molecular formula is C19H34IN5. The number of likely N-dealkylation sites (N-methyl/N-ethyl adjacent to an activating group) is 1. The summed E-state index contributed by atoms with van der Waals surface area (Å²) in [6.07, 6.45) is 0. The molecule has 0 spiro atoms. The van der Waals surface area contributed by atoms with Gasteiger partial charge >= 0.3 is 0 Å². The van der Waals surface area contributed by atoms with Crippen LogP contribution in [0.3, 0.4) is 0 Å². The van der Waals surface area contributed by atoms with E-state index in [2.05, 4.69) is 72.5 Å². The summed E-state index contributed by atoms with van der Waals surface area (Å²) >= 11 is 0. The first-order valence-corrected chi connectivity index (χ1v) is 9.08. The van der Waals surface area contributed by atoms with E-state index in [4.69, 9.17) is 4.99 Å². The number of benzene rings is 1. The van der Waals surface area contributed by atoms with E-state index < -0.39 is 0 Å². The minimum Gasteiger partial charge on any atom is -0.357 e. The molecule has 5 nitrogen and oxygen atoms in total. The van der Waals surface area contributed by atoms with Crippen molar-refractivity contribution in [3.05, 3.63) is 35.4 Å². The molecule has 142 valence electrons. The molecule has 2 rings (SSSR count). The standard InChI is InChI=1S/C19H33N5.HI/c1-5-20-19(22-15-18-8-6-16(2)7-9-18)21-14-17(3)24-12-10-23(4)11-13-24;/h6-9,17H,5,10-15H2,1-4H3,(H2,20,21,22);1H. The topological polar surface area (TPSA) is 42.9 Å². The number of rotatable bonds is 6. The second-order valence-corrected chi connectivity index (χ2v) is 6.75. The number of aliphatic imine (C=N–C) groups is 1. The van der Waals surface area contributed by atoms with Crippen LogP contribution < -0.4 is 10.6 Å². The van der Waals surface area contributed by atoms with Gasteiger partial charge in [0, 0.05) is 45.3 Å². The first-order chi connectivity index (χ1) is 11.6. The van der Waals surface area contributed by atoms with Crippen molar-refractivity contribution in [2.24, 2.45) is 4.99 Å². The molecule has 1 aromatic carbocycles. The molecule has 1 aliphatic rings. The van der Waals surface area contributed by atoms with Crippen molar-refractivity contribution < 1.29 is 0 Å². The van der Waals surface area contributed by atoms with Crippen LogP contribution in [0.1, 0.15) is 25.0 Å². The lowest BCUT2D eigenvalue weighted by Gasteiger charge is -2.36. The van der Waals surface area contributed by atoms with Crippen LogP contribution in [0.15, 0.2) is 29.3 Å². The Morgan fingerprint density at radius 2 is 1.76 bits per heavy atom. The largest absolute Gasteiger partial charge is 0.357 e. The predicted octanol–water partition coefficient (Wildman–Crippen LogP) is 2.30. The van der Waals surface area contributed by atoms with Crippen molar-refractivity contribution in [3.63, 3.8) is 0 Å². The van der Waals surface area contributed by atoms with Crippen molar-refractivity contribution in [1.29, 1.82) is 0 Å². The molecule has 0 bridgehead atoms. The smallest absolute Gasteiger partial charge is 0.191 e. The van der Waals surface area contributed by atoms with Crippen LogP contribution in [-0.2, 0) is 6.54 Å². The first-order valence-electron chi connectivity index (χ1n) is 9.08. The van der Waals surface area contributed by atoms with Crippen LogP contribution in [0.25, 0.3) is 0 Å². The predicted molar refractivity (Wildman–Crippen MR) is 118 cm³/mol. The van der Waals surface area contributed by atoms with Gasteiger partial charge in [0.1, 0.15) is 0 Å². The maximum atomic E-state index is 4.71. The normalized spacial score (nSPS) is 17.7. The minimum absolute atomic E-state index is 0. The number of halogens is 1. The molecule has 1 aromatic rings. The molecule has 1 aliphatic heterocycles. The highest BCUT2D eigenvalue weighted by molar-refractivity contribution is 14.0. The molecule has 0 amide bonds. The highest BCUT2D eigenvalue weighted by Crippen LogP contribution is 2.05. The fraction of sp³-hybridized carbons (Fsp3) is 0.632. The number of nitrogens with zero attached hydrogens (tertiary/aromatic N) is 3. The Bertz CT molecular complexity index is 509. The molecular weight excluding hydrogens is 425 g/mol. The van der Waals surface area contributed by atoms with Crippen LogP contribution >= 0.6 is 24.0 Å². The van der Waals surface area contributed by atoms with Crippen molar-refractivity contribution >= 4 is 29.9 Å². The van der Waals surface area contributed by atoms with Crippen LogP contribution in [0.2, 0.25) is 0 Å². The van der Waals surface area contributed by atoms with Crippen molar-refractivity contribution in [2.45, 2.75) is 33.4 Å². The maximum Gasteiger partial charge on any atom is 0.191 e. The Hall–Kier alpha value is -0.860. The summed E-state index contributed by atoms with van der Waals surface area (Å²) in [5.74, 6) is 0.902. The number of hydrogen-bond donors (Lipinski definition) is 2. The lowest BCUT2D eigenvalue weighted by atomic mass is 10.1. The Morgan fingerprint density at radius 3 is 2.36 bits per heavy atom. The second-order valence-electron chi connectivity index (χ2n) is 6.75. The van der Waals surface area contributed by atoms with Gasteiger partial charge in [0.2, 0.25) is 0 Å². The quantitative estimate of drug-likeness (QED) is 0.390. The number of piperazine rings is 1. The summed E-state index contributed by atoms with van der Waals surface area (Å²) in [5.41, 5.74) is 2.53. The summed E-state index contributed by atoms with van der Waals surface area (Å²) in [6, 6.07) is 9.09. The summed E-state index contributed by atoms with van der Waals surface area (Å²) in [6.45, 7) is 13.6. The maximum absolute atomic E-state index is 4.71. The van der Waals surface area contributed by atoms with Crippen molar-refractivity contribution in [1.82, 2.24) is 20.4 Å². The van der Waals surface area contributed by atoms with Gasteiger partial charge in [-0.15, -0.1) is 24.0 Å². The molecule has 1 heterocycles. The van der Waals surface area contributed by atoms with Crippen LogP contribution in [-0.4, -0.2) is 68.1 Å². The van der Waals surface area contributed by atoms with E-state index in [1.165, 1.54) is 11.1 Å². The molecule has 0 radical (unpaired) electrons. The van der Waals surface area contributed by atoms with E-state index in [9.17, 15) is 0 Å².